The second-order valence-corrected chi connectivity index (χ2v) is 5.60. The van der Waals surface area contributed by atoms with E-state index in [1.807, 2.05) is 24.3 Å². The summed E-state index contributed by atoms with van der Waals surface area (Å²) < 4.78 is 7.42. The van der Waals surface area contributed by atoms with Crippen molar-refractivity contribution in [1.82, 2.24) is 4.98 Å². The fourth-order valence-corrected chi connectivity index (χ4v) is 2.61. The molecule has 0 aliphatic carbocycles. The van der Waals surface area contributed by atoms with Crippen LogP contribution >= 0.6 is 31.9 Å². The SMILES string of the molecule is Nc1cccc(OCCNc2ncc(Br)cc2Br)c1. The number of nitrogen functional groups attached to an aromatic ring is 1. The molecule has 1 heterocycles. The van der Waals surface area contributed by atoms with Crippen LogP contribution in [0, 0.1) is 0 Å². The van der Waals surface area contributed by atoms with Gasteiger partial charge in [-0.3, -0.25) is 0 Å². The number of hydrogen-bond donors (Lipinski definition) is 2. The predicted molar refractivity (Wildman–Crippen MR) is 84.5 cm³/mol. The average molecular weight is 387 g/mol. The minimum atomic E-state index is 0.535. The third-order valence-electron chi connectivity index (χ3n) is 2.33. The molecule has 0 amide bonds. The predicted octanol–water partition coefficient (Wildman–Crippen LogP) is 3.68. The topological polar surface area (TPSA) is 60.2 Å². The Hall–Kier alpha value is -1.27. The summed E-state index contributed by atoms with van der Waals surface area (Å²) in [4.78, 5) is 4.26. The summed E-state index contributed by atoms with van der Waals surface area (Å²) in [7, 11) is 0. The third-order valence-corrected chi connectivity index (χ3v) is 3.37. The number of hydrogen-bond acceptors (Lipinski definition) is 4. The van der Waals surface area contributed by atoms with Crippen molar-refractivity contribution in [2.45, 2.75) is 0 Å². The fraction of sp³-hybridized carbons (Fsp3) is 0.154. The number of pyridine rings is 1. The van der Waals surface area contributed by atoms with Crippen LogP contribution in [0.2, 0.25) is 0 Å². The van der Waals surface area contributed by atoms with Crippen molar-refractivity contribution in [2.75, 3.05) is 24.2 Å². The largest absolute Gasteiger partial charge is 0.492 e. The van der Waals surface area contributed by atoms with Crippen LogP contribution in [-0.4, -0.2) is 18.1 Å². The van der Waals surface area contributed by atoms with Gasteiger partial charge in [-0.25, -0.2) is 4.98 Å². The molecule has 0 aliphatic heterocycles. The van der Waals surface area contributed by atoms with Crippen molar-refractivity contribution in [3.05, 3.63) is 45.5 Å². The van der Waals surface area contributed by atoms with Gasteiger partial charge in [0, 0.05) is 22.4 Å². The Morgan fingerprint density at radius 3 is 2.84 bits per heavy atom. The Kier molecular flexibility index (Phi) is 5.04. The highest BCUT2D eigenvalue weighted by molar-refractivity contribution is 9.11. The van der Waals surface area contributed by atoms with Crippen LogP contribution in [-0.2, 0) is 0 Å². The van der Waals surface area contributed by atoms with Crippen LogP contribution in [0.1, 0.15) is 0 Å². The maximum Gasteiger partial charge on any atom is 0.140 e. The summed E-state index contributed by atoms with van der Waals surface area (Å²) in [5.41, 5.74) is 6.37. The normalized spacial score (nSPS) is 10.2. The highest BCUT2D eigenvalue weighted by atomic mass is 79.9. The van der Waals surface area contributed by atoms with Gasteiger partial charge in [0.15, 0.2) is 0 Å². The lowest BCUT2D eigenvalue weighted by Crippen LogP contribution is -2.12. The number of halogens is 2. The van der Waals surface area contributed by atoms with Gasteiger partial charge in [-0.2, -0.15) is 0 Å². The molecule has 3 N–H and O–H groups in total. The van der Waals surface area contributed by atoms with E-state index in [1.54, 1.807) is 12.3 Å². The standard InChI is InChI=1S/C13H13Br2N3O/c14-9-6-12(15)13(18-8-9)17-4-5-19-11-3-1-2-10(16)7-11/h1-3,6-8H,4-5,16H2,(H,17,18). The lowest BCUT2D eigenvalue weighted by atomic mass is 10.3. The van der Waals surface area contributed by atoms with Crippen molar-refractivity contribution >= 4 is 43.4 Å². The molecule has 2 aromatic rings. The van der Waals surface area contributed by atoms with Gasteiger partial charge in [-0.1, -0.05) is 6.07 Å². The van der Waals surface area contributed by atoms with Gasteiger partial charge in [0.2, 0.25) is 0 Å². The van der Waals surface area contributed by atoms with Gasteiger partial charge < -0.3 is 15.8 Å². The van der Waals surface area contributed by atoms with E-state index in [4.69, 9.17) is 10.5 Å². The molecule has 1 aromatic heterocycles. The van der Waals surface area contributed by atoms with E-state index in [-0.39, 0.29) is 0 Å². The molecule has 0 radical (unpaired) electrons. The molecular weight excluding hydrogens is 374 g/mol. The highest BCUT2D eigenvalue weighted by Crippen LogP contribution is 2.23. The molecule has 1 aromatic carbocycles. The Balaban J connectivity index is 1.81. The van der Waals surface area contributed by atoms with Crippen molar-refractivity contribution in [2.24, 2.45) is 0 Å². The second kappa shape index (κ2) is 6.77. The lowest BCUT2D eigenvalue weighted by Gasteiger charge is -2.09. The first-order valence-electron chi connectivity index (χ1n) is 5.68. The first-order chi connectivity index (χ1) is 9.15. The number of rotatable bonds is 5. The number of aromatic nitrogens is 1. The van der Waals surface area contributed by atoms with Crippen LogP contribution in [0.15, 0.2) is 45.5 Å². The summed E-state index contributed by atoms with van der Waals surface area (Å²) in [6, 6.07) is 9.31. The molecule has 19 heavy (non-hydrogen) atoms. The molecule has 2 rings (SSSR count). The molecule has 0 bridgehead atoms. The summed E-state index contributed by atoms with van der Waals surface area (Å²) in [5.74, 6) is 1.56. The molecule has 0 fully saturated rings. The smallest absolute Gasteiger partial charge is 0.140 e. The Bertz CT molecular complexity index is 563. The molecular formula is C13H13Br2N3O. The van der Waals surface area contributed by atoms with Crippen LogP contribution in [0.4, 0.5) is 11.5 Å². The van der Waals surface area contributed by atoms with Crippen LogP contribution in [0.25, 0.3) is 0 Å². The maximum absolute atomic E-state index is 5.67. The molecule has 0 saturated heterocycles. The molecule has 4 nitrogen and oxygen atoms in total. The zero-order valence-corrected chi connectivity index (χ0v) is 13.2. The minimum absolute atomic E-state index is 0.535. The summed E-state index contributed by atoms with van der Waals surface area (Å²) >= 11 is 6.80. The van der Waals surface area contributed by atoms with E-state index >= 15 is 0 Å². The summed E-state index contributed by atoms with van der Waals surface area (Å²) in [6.45, 7) is 1.19. The van der Waals surface area contributed by atoms with Crippen molar-refractivity contribution in [1.29, 1.82) is 0 Å². The van der Waals surface area contributed by atoms with Gasteiger partial charge in [-0.15, -0.1) is 0 Å². The molecule has 0 atom stereocenters. The third kappa shape index (κ3) is 4.40. The molecule has 6 heteroatoms. The fourth-order valence-electron chi connectivity index (χ4n) is 1.49. The molecule has 0 saturated carbocycles. The van der Waals surface area contributed by atoms with E-state index in [9.17, 15) is 0 Å². The Morgan fingerprint density at radius 1 is 1.26 bits per heavy atom. The van der Waals surface area contributed by atoms with Gasteiger partial charge in [0.05, 0.1) is 11.0 Å². The van der Waals surface area contributed by atoms with E-state index in [2.05, 4.69) is 42.2 Å². The number of ether oxygens (including phenoxy) is 1. The molecule has 0 spiro atoms. The quantitative estimate of drug-likeness (QED) is 0.607. The van der Waals surface area contributed by atoms with E-state index in [0.29, 0.717) is 18.8 Å². The monoisotopic (exact) mass is 385 g/mol. The van der Waals surface area contributed by atoms with Crippen LogP contribution in [0.5, 0.6) is 5.75 Å². The van der Waals surface area contributed by atoms with Crippen LogP contribution < -0.4 is 15.8 Å². The number of nitrogens with zero attached hydrogens (tertiary/aromatic N) is 1. The van der Waals surface area contributed by atoms with Gasteiger partial charge in [0.1, 0.15) is 18.2 Å². The number of nitrogens with one attached hydrogen (secondary N) is 1. The van der Waals surface area contributed by atoms with Crippen LogP contribution in [0.3, 0.4) is 0 Å². The minimum Gasteiger partial charge on any atom is -0.492 e. The van der Waals surface area contributed by atoms with Gasteiger partial charge in [0.25, 0.3) is 0 Å². The molecule has 0 aliphatic rings. The van der Waals surface area contributed by atoms with Gasteiger partial charge in [-0.05, 0) is 50.1 Å². The first-order valence-corrected chi connectivity index (χ1v) is 7.27. The first kappa shape index (κ1) is 14.1. The maximum atomic E-state index is 5.67. The van der Waals surface area contributed by atoms with Gasteiger partial charge >= 0.3 is 0 Å². The van der Waals surface area contributed by atoms with Crippen molar-refractivity contribution in [3.63, 3.8) is 0 Å². The lowest BCUT2D eigenvalue weighted by molar-refractivity contribution is 0.333. The van der Waals surface area contributed by atoms with Crippen molar-refractivity contribution in [3.8, 4) is 5.75 Å². The van der Waals surface area contributed by atoms with E-state index in [1.165, 1.54) is 0 Å². The Morgan fingerprint density at radius 2 is 2.11 bits per heavy atom. The number of nitrogens with two attached hydrogens (primary N) is 1. The summed E-state index contributed by atoms with van der Waals surface area (Å²) in [6.07, 6.45) is 1.74. The number of benzene rings is 1. The highest BCUT2D eigenvalue weighted by Gasteiger charge is 2.01. The zero-order chi connectivity index (χ0) is 13.7. The second-order valence-electron chi connectivity index (χ2n) is 3.83. The van der Waals surface area contributed by atoms with E-state index < -0.39 is 0 Å². The average Bonchev–Trinajstić information content (AvgIpc) is 2.37. The summed E-state index contributed by atoms with van der Waals surface area (Å²) in [5, 5.41) is 3.19. The van der Waals surface area contributed by atoms with E-state index in [0.717, 1.165) is 20.5 Å². The molecule has 100 valence electrons. The van der Waals surface area contributed by atoms with Crippen molar-refractivity contribution < 1.29 is 4.74 Å². The Labute approximate surface area is 128 Å². The number of anilines is 2. The zero-order valence-electron chi connectivity index (χ0n) is 10.1. The molecule has 0 unspecified atom stereocenters.